The van der Waals surface area contributed by atoms with Crippen molar-refractivity contribution in [1.29, 1.82) is 0 Å². The summed E-state index contributed by atoms with van der Waals surface area (Å²) in [6.07, 6.45) is 0. The minimum Gasteiger partial charge on any atom is -0.310 e. The Bertz CT molecular complexity index is 2090. The van der Waals surface area contributed by atoms with E-state index in [9.17, 15) is 10.1 Å². The molecule has 0 aromatic heterocycles. The zero-order valence-corrected chi connectivity index (χ0v) is 24.2. The van der Waals surface area contributed by atoms with Crippen LogP contribution in [0.4, 0.5) is 39.8 Å². The van der Waals surface area contributed by atoms with Gasteiger partial charge >= 0.3 is 0 Å². The van der Waals surface area contributed by atoms with Crippen LogP contribution in [0, 0.1) is 17.0 Å². The molecule has 0 aliphatic carbocycles. The van der Waals surface area contributed by atoms with Gasteiger partial charge in [-0.2, -0.15) is 0 Å². The van der Waals surface area contributed by atoms with Crippen molar-refractivity contribution in [1.82, 2.24) is 0 Å². The van der Waals surface area contributed by atoms with E-state index in [1.807, 2.05) is 30.3 Å². The van der Waals surface area contributed by atoms with E-state index in [1.54, 1.807) is 12.1 Å². The Morgan fingerprint density at radius 2 is 0.818 bits per heavy atom. The number of hydrogen-bond acceptors (Lipinski definition) is 4. The van der Waals surface area contributed by atoms with Gasteiger partial charge in [0, 0.05) is 45.7 Å². The highest BCUT2D eigenvalue weighted by Crippen LogP contribution is 2.43. The summed E-state index contributed by atoms with van der Waals surface area (Å²) in [4.78, 5) is 15.5. The van der Waals surface area contributed by atoms with Gasteiger partial charge in [-0.1, -0.05) is 90.5 Å². The summed E-state index contributed by atoms with van der Waals surface area (Å²) in [5.74, 6) is 0. The molecule has 0 atom stereocenters. The fourth-order valence-corrected chi connectivity index (χ4v) is 5.83. The molecule has 0 N–H and O–H groups in total. The number of rotatable bonds is 7. The van der Waals surface area contributed by atoms with Crippen molar-refractivity contribution in [3.63, 3.8) is 0 Å². The highest BCUT2D eigenvalue weighted by atomic mass is 16.6. The molecule has 5 heteroatoms. The van der Waals surface area contributed by atoms with Crippen LogP contribution < -0.4 is 9.80 Å². The summed E-state index contributed by atoms with van der Waals surface area (Å²) >= 11 is 0. The summed E-state index contributed by atoms with van der Waals surface area (Å²) in [6, 6.07) is 53.2. The van der Waals surface area contributed by atoms with Crippen LogP contribution in [-0.4, -0.2) is 4.92 Å². The molecule has 7 aromatic carbocycles. The zero-order valence-electron chi connectivity index (χ0n) is 24.2. The van der Waals surface area contributed by atoms with Crippen molar-refractivity contribution >= 4 is 61.4 Å². The van der Waals surface area contributed by atoms with Crippen LogP contribution in [0.15, 0.2) is 158 Å². The van der Waals surface area contributed by atoms with Gasteiger partial charge in [-0.05, 0) is 78.4 Å². The Kier molecular flexibility index (Phi) is 6.97. The van der Waals surface area contributed by atoms with Gasteiger partial charge in [0.05, 0.1) is 16.3 Å². The van der Waals surface area contributed by atoms with Crippen LogP contribution in [0.2, 0.25) is 0 Å². The van der Waals surface area contributed by atoms with Gasteiger partial charge in [0.15, 0.2) is 0 Å². The first kappa shape index (κ1) is 26.9. The monoisotopic (exact) mass is 571 g/mol. The number of nitro benzene ring substituents is 1. The van der Waals surface area contributed by atoms with E-state index < -0.39 is 0 Å². The highest BCUT2D eigenvalue weighted by Gasteiger charge is 2.19. The second-order valence-corrected chi connectivity index (χ2v) is 10.8. The highest BCUT2D eigenvalue weighted by molar-refractivity contribution is 6.00. The lowest BCUT2D eigenvalue weighted by molar-refractivity contribution is -0.384. The number of hydrogen-bond donors (Lipinski definition) is 0. The first-order valence-corrected chi connectivity index (χ1v) is 14.5. The Morgan fingerprint density at radius 3 is 1.25 bits per heavy atom. The number of benzene rings is 7. The molecule has 212 valence electrons. The molecule has 0 saturated heterocycles. The predicted molar refractivity (Wildman–Crippen MR) is 182 cm³/mol. The maximum atomic E-state index is 11.4. The van der Waals surface area contributed by atoms with E-state index in [1.165, 1.54) is 16.3 Å². The van der Waals surface area contributed by atoms with Gasteiger partial charge in [0.1, 0.15) is 0 Å². The fourth-order valence-electron chi connectivity index (χ4n) is 5.83. The topological polar surface area (TPSA) is 49.6 Å². The third-order valence-electron chi connectivity index (χ3n) is 7.99. The van der Waals surface area contributed by atoms with E-state index in [-0.39, 0.29) is 10.6 Å². The Labute approximate surface area is 256 Å². The summed E-state index contributed by atoms with van der Waals surface area (Å²) in [7, 11) is 0. The molecule has 0 aliphatic rings. The third-order valence-corrected chi connectivity index (χ3v) is 7.99. The number of anilines is 6. The lowest BCUT2D eigenvalue weighted by Gasteiger charge is -2.29. The lowest BCUT2D eigenvalue weighted by Crippen LogP contribution is -2.12. The van der Waals surface area contributed by atoms with Crippen molar-refractivity contribution in [2.45, 2.75) is 6.92 Å². The largest absolute Gasteiger partial charge is 0.310 e. The minimum absolute atomic E-state index is 0.0609. The van der Waals surface area contributed by atoms with Crippen molar-refractivity contribution < 1.29 is 4.92 Å². The van der Waals surface area contributed by atoms with Crippen LogP contribution in [0.1, 0.15) is 5.56 Å². The maximum absolute atomic E-state index is 11.4. The molecule has 7 aromatic rings. The molecule has 7 rings (SSSR count). The molecule has 0 amide bonds. The molecule has 0 aliphatic heterocycles. The molecule has 5 nitrogen and oxygen atoms in total. The average Bonchev–Trinajstić information content (AvgIpc) is 3.07. The fraction of sp³-hybridized carbons (Fsp3) is 0.0256. The van der Waals surface area contributed by atoms with Crippen molar-refractivity contribution in [3.8, 4) is 0 Å². The van der Waals surface area contributed by atoms with Gasteiger partial charge in [-0.15, -0.1) is 0 Å². The Morgan fingerprint density at radius 1 is 0.455 bits per heavy atom. The van der Waals surface area contributed by atoms with E-state index in [4.69, 9.17) is 0 Å². The number of non-ortho nitro benzene ring substituents is 1. The van der Waals surface area contributed by atoms with Crippen molar-refractivity contribution in [3.05, 3.63) is 173 Å². The first-order chi connectivity index (χ1) is 21.6. The molecular formula is C39H29N3O2. The maximum Gasteiger partial charge on any atom is 0.269 e. The standard InChI is InChI=1S/C39H29N3O2/c1-28-16-18-31(19-17-28)40(38-14-6-10-29-8-2-4-12-36(29)38)32-20-22-33(23-21-32)41(34-24-26-35(27-25-34)42(43)44)39-15-7-11-30-9-3-5-13-37(30)39/h2-27H,1H3. The summed E-state index contributed by atoms with van der Waals surface area (Å²) in [6.45, 7) is 2.10. The second-order valence-electron chi connectivity index (χ2n) is 10.8. The number of nitro groups is 1. The second kappa shape index (κ2) is 11.4. The normalized spacial score (nSPS) is 11.0. The van der Waals surface area contributed by atoms with E-state index in [2.05, 4.69) is 132 Å². The number of aryl methyl sites for hydroxylation is 1. The lowest BCUT2D eigenvalue weighted by atomic mass is 10.1. The quantitative estimate of drug-likeness (QED) is 0.141. The van der Waals surface area contributed by atoms with Gasteiger partial charge in [0.25, 0.3) is 5.69 Å². The third kappa shape index (κ3) is 5.01. The molecule has 0 spiro atoms. The minimum atomic E-state index is -0.367. The molecule has 0 heterocycles. The van der Waals surface area contributed by atoms with Gasteiger partial charge in [-0.3, -0.25) is 10.1 Å². The zero-order chi connectivity index (χ0) is 30.0. The molecule has 0 fully saturated rings. The number of fused-ring (bicyclic) bond motifs is 2. The van der Waals surface area contributed by atoms with Crippen LogP contribution in [0.25, 0.3) is 21.5 Å². The van der Waals surface area contributed by atoms with Gasteiger partial charge in [-0.25, -0.2) is 0 Å². The van der Waals surface area contributed by atoms with Gasteiger partial charge < -0.3 is 9.80 Å². The first-order valence-electron chi connectivity index (χ1n) is 14.5. The molecular weight excluding hydrogens is 542 g/mol. The smallest absolute Gasteiger partial charge is 0.269 e. The molecule has 0 radical (unpaired) electrons. The van der Waals surface area contributed by atoms with Crippen LogP contribution in [0.3, 0.4) is 0 Å². The molecule has 44 heavy (non-hydrogen) atoms. The van der Waals surface area contributed by atoms with Crippen molar-refractivity contribution in [2.24, 2.45) is 0 Å². The summed E-state index contributed by atoms with van der Waals surface area (Å²) in [5.41, 5.74) is 7.23. The molecule has 0 unspecified atom stereocenters. The average molecular weight is 572 g/mol. The molecule has 0 bridgehead atoms. The Hall–Kier alpha value is -5.94. The van der Waals surface area contributed by atoms with Crippen LogP contribution in [0.5, 0.6) is 0 Å². The summed E-state index contributed by atoms with van der Waals surface area (Å²) < 4.78 is 0. The van der Waals surface area contributed by atoms with Gasteiger partial charge in [0.2, 0.25) is 0 Å². The summed E-state index contributed by atoms with van der Waals surface area (Å²) in [5, 5.41) is 16.0. The van der Waals surface area contributed by atoms with Crippen molar-refractivity contribution in [2.75, 3.05) is 9.80 Å². The van der Waals surface area contributed by atoms with E-state index in [0.717, 1.165) is 44.9 Å². The van der Waals surface area contributed by atoms with E-state index >= 15 is 0 Å². The number of nitrogens with zero attached hydrogens (tertiary/aromatic N) is 3. The molecule has 0 saturated carbocycles. The van der Waals surface area contributed by atoms with E-state index in [0.29, 0.717) is 0 Å². The van der Waals surface area contributed by atoms with Crippen LogP contribution in [-0.2, 0) is 0 Å². The van der Waals surface area contributed by atoms with Crippen LogP contribution >= 0.6 is 0 Å². The SMILES string of the molecule is Cc1ccc(N(c2ccc(N(c3ccc([N+](=O)[O-])cc3)c3cccc4ccccc34)cc2)c2cccc3ccccc23)cc1. The predicted octanol–water partition coefficient (Wildman–Crippen LogP) is 11.1. The Balaban J connectivity index is 1.38.